The number of carbonyl (C=O) groups is 1. The summed E-state index contributed by atoms with van der Waals surface area (Å²) < 4.78 is 12.6. The van der Waals surface area contributed by atoms with Crippen LogP contribution in [0.2, 0.25) is 0 Å². The van der Waals surface area contributed by atoms with Crippen molar-refractivity contribution in [2.75, 3.05) is 18.6 Å². The van der Waals surface area contributed by atoms with Crippen LogP contribution in [0.15, 0.2) is 51.8 Å². The molecule has 0 radical (unpaired) electrons. The van der Waals surface area contributed by atoms with Crippen LogP contribution in [0.25, 0.3) is 6.08 Å². The Bertz CT molecular complexity index is 897. The van der Waals surface area contributed by atoms with Crippen molar-refractivity contribution in [1.82, 2.24) is 0 Å². The molecule has 1 amide bonds. The van der Waals surface area contributed by atoms with Crippen molar-refractivity contribution in [3.63, 3.8) is 0 Å². The van der Waals surface area contributed by atoms with Gasteiger partial charge in [0.25, 0.3) is 5.91 Å². The van der Waals surface area contributed by atoms with Crippen molar-refractivity contribution in [2.45, 2.75) is 13.3 Å². The fraction of sp³-hybridized carbons (Fsp3) is 0.200. The largest absolute Gasteiger partial charge is 0.493 e. The van der Waals surface area contributed by atoms with E-state index in [1.165, 1.54) is 11.8 Å². The first-order valence-corrected chi connectivity index (χ1v) is 10.4. The number of thiocarbonyl (C=S) groups is 1. The van der Waals surface area contributed by atoms with Crippen LogP contribution < -0.4 is 14.4 Å². The lowest BCUT2D eigenvalue weighted by atomic mass is 10.2. The van der Waals surface area contributed by atoms with E-state index >= 15 is 0 Å². The minimum atomic E-state index is -0.127. The molecule has 0 spiro atoms. The van der Waals surface area contributed by atoms with E-state index in [1.54, 1.807) is 12.0 Å². The number of methoxy groups -OCH3 is 1. The number of carbonyl (C=O) groups excluding carboxylic acids is 1. The quantitative estimate of drug-likeness (QED) is 0.408. The van der Waals surface area contributed by atoms with Crippen LogP contribution in [0, 0.1) is 0 Å². The van der Waals surface area contributed by atoms with Gasteiger partial charge in [0.1, 0.15) is 0 Å². The van der Waals surface area contributed by atoms with Gasteiger partial charge in [0, 0.05) is 4.47 Å². The van der Waals surface area contributed by atoms with Gasteiger partial charge in [0.2, 0.25) is 0 Å². The van der Waals surface area contributed by atoms with Gasteiger partial charge in [0.05, 0.1) is 24.3 Å². The topological polar surface area (TPSA) is 38.8 Å². The van der Waals surface area contributed by atoms with E-state index in [-0.39, 0.29) is 5.91 Å². The number of ether oxygens (including phenoxy) is 2. The molecule has 7 heteroatoms. The van der Waals surface area contributed by atoms with Crippen LogP contribution in [0.3, 0.4) is 0 Å². The SMILES string of the molecule is CCCOc1ccc(/C=C2\SC(=S)N(c3ccc(Br)cc3)C2=O)cc1OC. The van der Waals surface area contributed by atoms with Gasteiger partial charge in [-0.25, -0.2) is 0 Å². The van der Waals surface area contributed by atoms with E-state index in [0.29, 0.717) is 27.3 Å². The maximum Gasteiger partial charge on any atom is 0.270 e. The molecule has 2 aromatic carbocycles. The van der Waals surface area contributed by atoms with Crippen molar-refractivity contribution in [3.8, 4) is 11.5 Å². The van der Waals surface area contributed by atoms with Crippen LogP contribution in [0.5, 0.6) is 11.5 Å². The fourth-order valence-corrected chi connectivity index (χ4v) is 4.10. The summed E-state index contributed by atoms with van der Waals surface area (Å²) in [5, 5.41) is 0. The highest BCUT2D eigenvalue weighted by atomic mass is 79.9. The van der Waals surface area contributed by atoms with Crippen LogP contribution in [0.1, 0.15) is 18.9 Å². The summed E-state index contributed by atoms with van der Waals surface area (Å²) in [6.45, 7) is 2.68. The Labute approximate surface area is 176 Å². The lowest BCUT2D eigenvalue weighted by Crippen LogP contribution is -2.27. The van der Waals surface area contributed by atoms with E-state index in [4.69, 9.17) is 21.7 Å². The Balaban J connectivity index is 1.86. The standard InChI is InChI=1S/C20H18BrNO3S2/c1-3-10-25-16-9-4-13(11-17(16)24-2)12-18-19(23)22(20(26)27-18)15-7-5-14(21)6-8-15/h4-9,11-12H,3,10H2,1-2H3/b18-12-. The second kappa shape index (κ2) is 8.91. The first-order chi connectivity index (χ1) is 13.0. The van der Waals surface area contributed by atoms with Crippen molar-refractivity contribution in [3.05, 3.63) is 57.4 Å². The molecule has 0 bridgehead atoms. The number of halogens is 1. The summed E-state index contributed by atoms with van der Waals surface area (Å²) in [5.74, 6) is 1.21. The summed E-state index contributed by atoms with van der Waals surface area (Å²) in [6.07, 6.45) is 2.74. The number of thioether (sulfide) groups is 1. The van der Waals surface area contributed by atoms with Gasteiger partial charge in [-0.3, -0.25) is 9.69 Å². The molecule has 0 N–H and O–H groups in total. The van der Waals surface area contributed by atoms with E-state index in [9.17, 15) is 4.79 Å². The van der Waals surface area contributed by atoms with Gasteiger partial charge in [-0.15, -0.1) is 0 Å². The van der Waals surface area contributed by atoms with Crippen molar-refractivity contribution < 1.29 is 14.3 Å². The van der Waals surface area contributed by atoms with Gasteiger partial charge in [-0.05, 0) is 54.5 Å². The normalized spacial score (nSPS) is 15.5. The summed E-state index contributed by atoms with van der Waals surface area (Å²) in [5.41, 5.74) is 1.61. The van der Waals surface area contributed by atoms with Crippen molar-refractivity contribution in [1.29, 1.82) is 0 Å². The van der Waals surface area contributed by atoms with Gasteiger partial charge >= 0.3 is 0 Å². The average Bonchev–Trinajstić information content (AvgIpc) is 2.94. The van der Waals surface area contributed by atoms with Crippen molar-refractivity contribution in [2.24, 2.45) is 0 Å². The molecular weight excluding hydrogens is 446 g/mol. The maximum atomic E-state index is 12.9. The minimum Gasteiger partial charge on any atom is -0.493 e. The summed E-state index contributed by atoms with van der Waals surface area (Å²) >= 11 is 10.1. The number of benzene rings is 2. The lowest BCUT2D eigenvalue weighted by Gasteiger charge is -2.14. The van der Waals surface area contributed by atoms with E-state index < -0.39 is 0 Å². The first kappa shape index (κ1) is 19.9. The van der Waals surface area contributed by atoms with Crippen LogP contribution in [-0.4, -0.2) is 23.9 Å². The fourth-order valence-electron chi connectivity index (χ4n) is 2.54. The Hall–Kier alpha value is -1.83. The van der Waals surface area contributed by atoms with Crippen LogP contribution in [0.4, 0.5) is 5.69 Å². The average molecular weight is 464 g/mol. The molecule has 1 heterocycles. The molecule has 2 aromatic rings. The number of hydrogen-bond donors (Lipinski definition) is 0. The van der Waals surface area contributed by atoms with E-state index in [2.05, 4.69) is 15.9 Å². The van der Waals surface area contributed by atoms with E-state index in [0.717, 1.165) is 22.1 Å². The number of anilines is 1. The highest BCUT2D eigenvalue weighted by molar-refractivity contribution is 9.10. The van der Waals surface area contributed by atoms with Gasteiger partial charge < -0.3 is 9.47 Å². The molecule has 0 aliphatic carbocycles. The Morgan fingerprint density at radius 3 is 2.59 bits per heavy atom. The number of hydrogen-bond acceptors (Lipinski definition) is 5. The van der Waals surface area contributed by atoms with Crippen LogP contribution in [-0.2, 0) is 4.79 Å². The lowest BCUT2D eigenvalue weighted by molar-refractivity contribution is -0.113. The molecule has 1 saturated heterocycles. The van der Waals surface area contributed by atoms with Gasteiger partial charge in [0.15, 0.2) is 15.8 Å². The summed E-state index contributed by atoms with van der Waals surface area (Å²) in [4.78, 5) is 15.0. The summed E-state index contributed by atoms with van der Waals surface area (Å²) in [6, 6.07) is 13.1. The smallest absolute Gasteiger partial charge is 0.270 e. The van der Waals surface area contributed by atoms with Gasteiger partial charge in [-0.1, -0.05) is 52.9 Å². The highest BCUT2D eigenvalue weighted by Crippen LogP contribution is 2.37. The number of nitrogens with zero attached hydrogens (tertiary/aromatic N) is 1. The molecule has 1 fully saturated rings. The highest BCUT2D eigenvalue weighted by Gasteiger charge is 2.33. The maximum absolute atomic E-state index is 12.9. The number of amides is 1. The predicted octanol–water partition coefficient (Wildman–Crippen LogP) is 5.65. The molecular formula is C20H18BrNO3S2. The molecule has 1 aliphatic heterocycles. The molecule has 0 saturated carbocycles. The molecule has 4 nitrogen and oxygen atoms in total. The third kappa shape index (κ3) is 4.54. The molecule has 0 atom stereocenters. The predicted molar refractivity (Wildman–Crippen MR) is 119 cm³/mol. The number of rotatable bonds is 6. The molecule has 0 aromatic heterocycles. The third-order valence-electron chi connectivity index (χ3n) is 3.83. The van der Waals surface area contributed by atoms with Crippen molar-refractivity contribution >= 4 is 61.9 Å². The molecule has 0 unspecified atom stereocenters. The first-order valence-electron chi connectivity index (χ1n) is 8.38. The summed E-state index contributed by atoms with van der Waals surface area (Å²) in [7, 11) is 1.60. The minimum absolute atomic E-state index is 0.127. The molecule has 140 valence electrons. The molecule has 1 aliphatic rings. The third-order valence-corrected chi connectivity index (χ3v) is 5.66. The molecule has 3 rings (SSSR count). The zero-order valence-electron chi connectivity index (χ0n) is 14.9. The Morgan fingerprint density at radius 1 is 1.19 bits per heavy atom. The zero-order chi connectivity index (χ0) is 19.4. The van der Waals surface area contributed by atoms with E-state index in [1.807, 2.05) is 55.5 Å². The zero-order valence-corrected chi connectivity index (χ0v) is 18.1. The van der Waals surface area contributed by atoms with Crippen LogP contribution >= 0.6 is 39.9 Å². The second-order valence-electron chi connectivity index (χ2n) is 5.75. The van der Waals surface area contributed by atoms with Gasteiger partial charge in [-0.2, -0.15) is 0 Å². The Kier molecular flexibility index (Phi) is 6.57. The monoisotopic (exact) mass is 463 g/mol. The second-order valence-corrected chi connectivity index (χ2v) is 8.34. The molecule has 27 heavy (non-hydrogen) atoms. The Morgan fingerprint density at radius 2 is 1.93 bits per heavy atom.